The molecule has 276 valence electrons. The second-order valence-electron chi connectivity index (χ2n) is 16.8. The predicted octanol–water partition coefficient (Wildman–Crippen LogP) is 12.8. The molecule has 3 aliphatic rings. The molecule has 0 saturated carbocycles. The highest BCUT2D eigenvalue weighted by Crippen LogP contribution is 2.55. The summed E-state index contributed by atoms with van der Waals surface area (Å²) in [5.74, 6) is 3.52. The Labute approximate surface area is 342 Å². The monoisotopic (exact) mass is 753 g/mol. The van der Waals surface area contributed by atoms with Crippen LogP contribution >= 0.6 is 0 Å². The molecule has 2 heterocycles. The zero-order chi connectivity index (χ0) is 39.0. The highest BCUT2D eigenvalue weighted by molar-refractivity contribution is 6.98. The normalized spacial score (nSPS) is 14.0. The summed E-state index contributed by atoms with van der Waals surface area (Å²) in [6.07, 6.45) is 0. The molecular formula is C55H36BNO2. The molecule has 0 bridgehead atoms. The van der Waals surface area contributed by atoms with Crippen LogP contribution in [0.5, 0.6) is 23.0 Å². The molecule has 1 aliphatic carbocycles. The van der Waals surface area contributed by atoms with Gasteiger partial charge in [-0.3, -0.25) is 0 Å². The Morgan fingerprint density at radius 1 is 0.407 bits per heavy atom. The van der Waals surface area contributed by atoms with Gasteiger partial charge in [-0.1, -0.05) is 141 Å². The van der Waals surface area contributed by atoms with Crippen LogP contribution < -0.4 is 30.8 Å². The summed E-state index contributed by atoms with van der Waals surface area (Å²) in [5, 5.41) is 9.91. The molecule has 0 spiro atoms. The van der Waals surface area contributed by atoms with Crippen LogP contribution in [0.3, 0.4) is 0 Å². The van der Waals surface area contributed by atoms with Crippen molar-refractivity contribution in [1.82, 2.24) is 0 Å². The van der Waals surface area contributed by atoms with Gasteiger partial charge in [-0.05, 0) is 125 Å². The summed E-state index contributed by atoms with van der Waals surface area (Å²) in [6.45, 7) is 4.72. The van der Waals surface area contributed by atoms with Gasteiger partial charge in [0.25, 0.3) is 6.71 Å². The van der Waals surface area contributed by atoms with Crippen LogP contribution in [-0.2, 0) is 5.41 Å². The first kappa shape index (κ1) is 32.8. The molecule has 0 radical (unpaired) electrons. The standard InChI is InChI=1S/C55H36BNO2/c1-55(2)44-31-47-52(30-43(44)53-40-25-14-13-24-39(40)48(32-45(53)55)57(33-16-5-3-6-17-33)34-18-7-4-8-19-34)59-50-27-15-26-49-54(50)56(47)46-28-41-37-22-11-9-20-35(37)36-21-10-12-23-38(36)42(41)29-51(46)58-49/h3-32H,1-2H3. The molecule has 0 N–H and O–H groups in total. The van der Waals surface area contributed by atoms with Crippen molar-refractivity contribution < 1.29 is 9.47 Å². The number of hydrogen-bond donors (Lipinski definition) is 0. The minimum absolute atomic E-state index is 0.0629. The molecule has 0 unspecified atom stereocenters. The van der Waals surface area contributed by atoms with Gasteiger partial charge in [-0.25, -0.2) is 0 Å². The summed E-state index contributed by atoms with van der Waals surface area (Å²) < 4.78 is 13.8. The first-order chi connectivity index (χ1) is 29.0. The summed E-state index contributed by atoms with van der Waals surface area (Å²) in [4.78, 5) is 2.41. The van der Waals surface area contributed by atoms with Crippen molar-refractivity contribution >= 4 is 83.3 Å². The first-order valence-corrected chi connectivity index (χ1v) is 20.5. The fourth-order valence-corrected chi connectivity index (χ4v) is 10.6. The summed E-state index contributed by atoms with van der Waals surface area (Å²) in [6, 6.07) is 66.1. The van der Waals surface area contributed by atoms with Crippen LogP contribution in [0.25, 0.3) is 54.2 Å². The van der Waals surface area contributed by atoms with E-state index < -0.39 is 0 Å². The van der Waals surface area contributed by atoms with Crippen LogP contribution in [0, 0.1) is 0 Å². The van der Waals surface area contributed by atoms with Crippen molar-refractivity contribution in [1.29, 1.82) is 0 Å². The largest absolute Gasteiger partial charge is 0.458 e. The van der Waals surface area contributed by atoms with Crippen molar-refractivity contribution in [2.24, 2.45) is 0 Å². The lowest BCUT2D eigenvalue weighted by Gasteiger charge is -2.34. The first-order valence-electron chi connectivity index (χ1n) is 20.5. The Hall–Kier alpha value is -7.30. The predicted molar refractivity (Wildman–Crippen MR) is 246 cm³/mol. The highest BCUT2D eigenvalue weighted by Gasteiger charge is 2.44. The van der Waals surface area contributed by atoms with Gasteiger partial charge in [0, 0.05) is 27.6 Å². The van der Waals surface area contributed by atoms with Crippen molar-refractivity contribution in [3.05, 3.63) is 193 Å². The van der Waals surface area contributed by atoms with E-state index in [1.165, 1.54) is 82.0 Å². The Morgan fingerprint density at radius 2 is 0.898 bits per heavy atom. The number of para-hydroxylation sites is 2. The minimum atomic E-state index is -0.302. The van der Waals surface area contributed by atoms with Crippen LogP contribution in [-0.4, -0.2) is 6.71 Å². The quantitative estimate of drug-likeness (QED) is 0.132. The number of benzene rings is 10. The topological polar surface area (TPSA) is 21.7 Å². The van der Waals surface area contributed by atoms with Crippen molar-refractivity contribution in [3.63, 3.8) is 0 Å². The van der Waals surface area contributed by atoms with E-state index in [1.54, 1.807) is 0 Å². The van der Waals surface area contributed by atoms with E-state index in [0.29, 0.717) is 0 Å². The van der Waals surface area contributed by atoms with E-state index >= 15 is 0 Å². The third-order valence-corrected chi connectivity index (χ3v) is 13.3. The Balaban J connectivity index is 1.05. The average molecular weight is 754 g/mol. The lowest BCUT2D eigenvalue weighted by molar-refractivity contribution is 0.465. The van der Waals surface area contributed by atoms with Gasteiger partial charge in [0.05, 0.1) is 5.69 Å². The van der Waals surface area contributed by atoms with E-state index in [9.17, 15) is 0 Å². The molecule has 59 heavy (non-hydrogen) atoms. The second kappa shape index (κ2) is 11.9. The maximum atomic E-state index is 6.96. The Bertz CT molecular complexity index is 3390. The SMILES string of the molecule is CC1(C)c2cc3c(cc2-c2c1cc(N(c1ccccc1)c1ccccc1)c1ccccc21)Oc1cccc2c1B3c1cc3c4ccccc4c4ccccc4c3cc1O2. The maximum absolute atomic E-state index is 6.96. The van der Waals surface area contributed by atoms with Gasteiger partial charge in [0.2, 0.25) is 0 Å². The van der Waals surface area contributed by atoms with Crippen LogP contribution in [0.4, 0.5) is 17.1 Å². The molecule has 4 heteroatoms. The fourth-order valence-electron chi connectivity index (χ4n) is 10.6. The van der Waals surface area contributed by atoms with E-state index in [4.69, 9.17) is 9.47 Å². The van der Waals surface area contributed by atoms with Gasteiger partial charge >= 0.3 is 0 Å². The molecule has 0 amide bonds. The summed E-state index contributed by atoms with van der Waals surface area (Å²) in [5.41, 5.74) is 11.7. The molecule has 0 atom stereocenters. The molecule has 0 saturated heterocycles. The Kier molecular flexibility index (Phi) is 6.59. The van der Waals surface area contributed by atoms with Gasteiger partial charge in [-0.2, -0.15) is 0 Å². The van der Waals surface area contributed by atoms with Gasteiger partial charge in [-0.15, -0.1) is 0 Å². The van der Waals surface area contributed by atoms with Crippen LogP contribution in [0.15, 0.2) is 182 Å². The number of fused-ring (bicyclic) bond motifs is 15. The van der Waals surface area contributed by atoms with E-state index in [2.05, 4.69) is 201 Å². The number of rotatable bonds is 3. The van der Waals surface area contributed by atoms with Crippen LogP contribution in [0.1, 0.15) is 25.0 Å². The molecule has 0 aromatic heterocycles. The Morgan fingerprint density at radius 3 is 1.51 bits per heavy atom. The lowest BCUT2D eigenvalue weighted by Crippen LogP contribution is -2.57. The molecule has 3 nitrogen and oxygen atoms in total. The molecule has 2 aliphatic heterocycles. The van der Waals surface area contributed by atoms with Crippen molar-refractivity contribution in [2.75, 3.05) is 4.90 Å². The average Bonchev–Trinajstić information content (AvgIpc) is 3.50. The third kappa shape index (κ3) is 4.49. The zero-order valence-corrected chi connectivity index (χ0v) is 32.7. The molecular weight excluding hydrogens is 717 g/mol. The van der Waals surface area contributed by atoms with E-state index in [0.717, 1.165) is 39.8 Å². The fraction of sp³-hybridized carbons (Fsp3) is 0.0545. The number of anilines is 3. The molecule has 10 aromatic carbocycles. The lowest BCUT2D eigenvalue weighted by atomic mass is 9.34. The number of hydrogen-bond acceptors (Lipinski definition) is 3. The zero-order valence-electron chi connectivity index (χ0n) is 32.7. The maximum Gasteiger partial charge on any atom is 0.260 e. The molecule has 13 rings (SSSR count). The molecule has 10 aromatic rings. The van der Waals surface area contributed by atoms with Gasteiger partial charge in [0.15, 0.2) is 0 Å². The van der Waals surface area contributed by atoms with E-state index in [1.807, 2.05) is 0 Å². The number of ether oxygens (including phenoxy) is 2. The van der Waals surface area contributed by atoms with Crippen molar-refractivity contribution in [3.8, 4) is 34.1 Å². The number of nitrogens with zero attached hydrogens (tertiary/aromatic N) is 1. The minimum Gasteiger partial charge on any atom is -0.458 e. The van der Waals surface area contributed by atoms with Crippen LogP contribution in [0.2, 0.25) is 0 Å². The third-order valence-electron chi connectivity index (χ3n) is 13.3. The van der Waals surface area contributed by atoms with Gasteiger partial charge < -0.3 is 14.4 Å². The summed E-state index contributed by atoms with van der Waals surface area (Å²) >= 11 is 0. The smallest absolute Gasteiger partial charge is 0.260 e. The molecule has 0 fully saturated rings. The second-order valence-corrected chi connectivity index (χ2v) is 16.8. The summed E-state index contributed by atoms with van der Waals surface area (Å²) in [7, 11) is 0. The van der Waals surface area contributed by atoms with Gasteiger partial charge in [0.1, 0.15) is 23.0 Å². The van der Waals surface area contributed by atoms with Crippen molar-refractivity contribution in [2.45, 2.75) is 19.3 Å². The highest BCUT2D eigenvalue weighted by atomic mass is 16.5. The van der Waals surface area contributed by atoms with E-state index in [-0.39, 0.29) is 12.1 Å².